The molecule has 1 rings (SSSR count). The zero-order chi connectivity index (χ0) is 33.4. The number of hydrogen-bond acceptors (Lipinski definition) is 2. The Bertz CT molecular complexity index is 1170. The molecule has 0 amide bonds. The van der Waals surface area contributed by atoms with Crippen LogP contribution in [0.4, 0.5) is 92.2 Å². The molecule has 24 heteroatoms. The molecule has 0 aliphatic heterocycles. The molecular formula is C17H5F21O3. The quantitative estimate of drug-likeness (QED) is 0.253. The molecule has 0 bridgehead atoms. The van der Waals surface area contributed by atoms with Crippen molar-refractivity contribution in [3.8, 4) is 5.75 Å². The summed E-state index contributed by atoms with van der Waals surface area (Å²) in [4.78, 5) is 10.8. The number of halogens is 21. The fourth-order valence-electron chi connectivity index (χ4n) is 2.64. The first kappa shape index (κ1) is 36.0. The van der Waals surface area contributed by atoms with Gasteiger partial charge in [0.05, 0.1) is 0 Å². The summed E-state index contributed by atoms with van der Waals surface area (Å²) in [5, 5.41) is 17.7. The molecule has 0 heterocycles. The molecule has 41 heavy (non-hydrogen) atoms. The van der Waals surface area contributed by atoms with Crippen molar-refractivity contribution >= 4 is 5.97 Å². The molecule has 0 saturated heterocycles. The van der Waals surface area contributed by atoms with Crippen LogP contribution >= 0.6 is 0 Å². The molecule has 0 saturated carbocycles. The average molecular weight is 656 g/mol. The van der Waals surface area contributed by atoms with Crippen LogP contribution in [0.5, 0.6) is 5.75 Å². The lowest BCUT2D eigenvalue weighted by Crippen LogP contribution is -2.76. The Morgan fingerprint density at radius 2 is 0.780 bits per heavy atom. The van der Waals surface area contributed by atoms with Crippen molar-refractivity contribution in [1.82, 2.24) is 0 Å². The van der Waals surface area contributed by atoms with Gasteiger partial charge in [-0.15, -0.1) is 0 Å². The number of aromatic carboxylic acids is 1. The van der Waals surface area contributed by atoms with Crippen LogP contribution in [-0.2, 0) is 5.92 Å². The Morgan fingerprint density at radius 1 is 0.488 bits per heavy atom. The highest BCUT2D eigenvalue weighted by Crippen LogP contribution is 2.67. The van der Waals surface area contributed by atoms with E-state index in [0.717, 1.165) is 0 Å². The zero-order valence-corrected chi connectivity index (χ0v) is 18.0. The van der Waals surface area contributed by atoms with E-state index >= 15 is 0 Å². The van der Waals surface area contributed by atoms with Crippen LogP contribution in [0.2, 0.25) is 0 Å². The largest absolute Gasteiger partial charge is 0.507 e. The fraction of sp³-hybridized carbons (Fsp3) is 0.588. The van der Waals surface area contributed by atoms with Gasteiger partial charge in [0.25, 0.3) is 0 Å². The molecule has 0 fully saturated rings. The van der Waals surface area contributed by atoms with E-state index < -0.39 is 94.5 Å². The first-order chi connectivity index (χ1) is 17.6. The van der Waals surface area contributed by atoms with Gasteiger partial charge in [-0.25, -0.2) is 4.79 Å². The van der Waals surface area contributed by atoms with Crippen LogP contribution in [0.25, 0.3) is 0 Å². The summed E-state index contributed by atoms with van der Waals surface area (Å²) in [6, 6.07) is -1.88. The molecule has 0 aliphatic carbocycles. The third-order valence-corrected chi connectivity index (χ3v) is 5.10. The van der Waals surface area contributed by atoms with E-state index in [0.29, 0.717) is 0 Å². The third kappa shape index (κ3) is 4.45. The molecule has 0 unspecified atom stereocenters. The standard InChI is InChI=1S/C17H5F21O3/c18-8(19,4-1-2-6(39)5(3-4)7(40)41)9(20,21)10(22,23)11(24,25)12(26,27)13(28,29)14(30,31)15(32,33)16(34,35)17(36,37)38/h1-3,39H,(H,40,41). The van der Waals surface area contributed by atoms with Gasteiger partial charge in [-0.2, -0.15) is 92.2 Å². The first-order valence-corrected chi connectivity index (χ1v) is 9.11. The summed E-state index contributed by atoms with van der Waals surface area (Å²) in [5.41, 5.74) is -4.80. The van der Waals surface area contributed by atoms with Crippen molar-refractivity contribution in [2.24, 2.45) is 0 Å². The molecule has 1 aromatic rings. The predicted molar refractivity (Wildman–Crippen MR) is 84.6 cm³/mol. The van der Waals surface area contributed by atoms with Gasteiger partial charge in [0.1, 0.15) is 11.3 Å². The molecule has 0 spiro atoms. The second-order valence-electron chi connectivity index (χ2n) is 7.70. The molecular weight excluding hydrogens is 651 g/mol. The monoisotopic (exact) mass is 656 g/mol. The average Bonchev–Trinajstić information content (AvgIpc) is 2.77. The Morgan fingerprint density at radius 3 is 1.07 bits per heavy atom. The molecule has 0 aliphatic rings. The Balaban J connectivity index is 3.88. The molecule has 238 valence electrons. The lowest BCUT2D eigenvalue weighted by Gasteiger charge is -2.44. The lowest BCUT2D eigenvalue weighted by molar-refractivity contribution is -0.474. The number of carboxylic acid groups (broad SMARTS) is 1. The van der Waals surface area contributed by atoms with Crippen LogP contribution in [0, 0.1) is 0 Å². The summed E-state index contributed by atoms with van der Waals surface area (Å²) in [7, 11) is 0. The van der Waals surface area contributed by atoms with Crippen molar-refractivity contribution in [2.75, 3.05) is 0 Å². The SMILES string of the molecule is O=C(O)c1cc(C(F)(F)C(F)(F)C(F)(F)C(F)(F)C(F)(F)C(F)(F)C(F)(F)C(F)(F)C(F)(F)C(F)(F)F)ccc1O. The minimum atomic E-state index is -9.29. The van der Waals surface area contributed by atoms with Gasteiger partial charge >= 0.3 is 65.4 Å². The normalized spacial score (nSPS) is 15.7. The second kappa shape index (κ2) is 9.26. The highest BCUT2D eigenvalue weighted by Gasteiger charge is 2.97. The van der Waals surface area contributed by atoms with Gasteiger partial charge < -0.3 is 10.2 Å². The van der Waals surface area contributed by atoms with Gasteiger partial charge in [-0.1, -0.05) is 0 Å². The number of phenols is 1. The Kier molecular flexibility index (Phi) is 8.14. The Hall–Kier alpha value is -2.98. The van der Waals surface area contributed by atoms with Gasteiger partial charge in [0, 0.05) is 5.56 Å². The minimum absolute atomic E-state index is 0.328. The highest BCUT2D eigenvalue weighted by atomic mass is 19.4. The number of rotatable bonds is 10. The minimum Gasteiger partial charge on any atom is -0.507 e. The summed E-state index contributed by atoms with van der Waals surface area (Å²) in [6.45, 7) is 0. The maximum Gasteiger partial charge on any atom is 0.460 e. The molecule has 0 radical (unpaired) electrons. The molecule has 0 atom stereocenters. The van der Waals surface area contributed by atoms with E-state index in [1.54, 1.807) is 0 Å². The van der Waals surface area contributed by atoms with Gasteiger partial charge in [0.2, 0.25) is 0 Å². The van der Waals surface area contributed by atoms with E-state index in [4.69, 9.17) is 10.2 Å². The van der Waals surface area contributed by atoms with Crippen LogP contribution in [-0.4, -0.2) is 69.7 Å². The summed E-state index contributed by atoms with van der Waals surface area (Å²) >= 11 is 0. The molecule has 0 aromatic heterocycles. The smallest absolute Gasteiger partial charge is 0.460 e. The maximum absolute atomic E-state index is 14.2. The van der Waals surface area contributed by atoms with Gasteiger partial charge in [0.15, 0.2) is 0 Å². The first-order valence-electron chi connectivity index (χ1n) is 9.11. The van der Waals surface area contributed by atoms with Crippen molar-refractivity contribution in [3.05, 3.63) is 29.3 Å². The topological polar surface area (TPSA) is 57.5 Å². The van der Waals surface area contributed by atoms with E-state index in [-0.39, 0.29) is 6.07 Å². The maximum atomic E-state index is 14.2. The van der Waals surface area contributed by atoms with E-state index in [2.05, 4.69) is 0 Å². The van der Waals surface area contributed by atoms with Crippen LogP contribution in [0.1, 0.15) is 15.9 Å². The van der Waals surface area contributed by atoms with Gasteiger partial charge in [-0.05, 0) is 18.2 Å². The second-order valence-corrected chi connectivity index (χ2v) is 7.70. The summed E-state index contributed by atoms with van der Waals surface area (Å²) < 4.78 is 281. The number of hydrogen-bond donors (Lipinski definition) is 2. The van der Waals surface area contributed by atoms with Crippen molar-refractivity contribution < 1.29 is 107 Å². The number of aromatic hydroxyl groups is 1. The molecule has 2 N–H and O–H groups in total. The van der Waals surface area contributed by atoms with Gasteiger partial charge in [-0.3, -0.25) is 0 Å². The highest BCUT2D eigenvalue weighted by molar-refractivity contribution is 5.91. The number of benzene rings is 1. The van der Waals surface area contributed by atoms with E-state index in [1.165, 1.54) is 0 Å². The van der Waals surface area contributed by atoms with E-state index in [9.17, 15) is 97.0 Å². The summed E-state index contributed by atoms with van der Waals surface area (Å²) in [6.07, 6.45) is -8.06. The number of alkyl halides is 21. The third-order valence-electron chi connectivity index (χ3n) is 5.10. The molecule has 3 nitrogen and oxygen atoms in total. The van der Waals surface area contributed by atoms with Crippen molar-refractivity contribution in [1.29, 1.82) is 0 Å². The Labute approximate surface area is 209 Å². The van der Waals surface area contributed by atoms with Crippen LogP contribution in [0.3, 0.4) is 0 Å². The van der Waals surface area contributed by atoms with Crippen molar-refractivity contribution in [2.45, 2.75) is 59.5 Å². The number of carbonyl (C=O) groups is 1. The molecule has 1 aromatic carbocycles. The number of carboxylic acids is 1. The predicted octanol–water partition coefficient (Wildman–Crippen LogP) is 7.83. The van der Waals surface area contributed by atoms with Crippen molar-refractivity contribution in [3.63, 3.8) is 0 Å². The lowest BCUT2D eigenvalue weighted by atomic mass is 9.85. The fourth-order valence-corrected chi connectivity index (χ4v) is 2.64. The summed E-state index contributed by atoms with van der Waals surface area (Å²) in [5.74, 6) is -82.7. The van der Waals surface area contributed by atoms with Crippen LogP contribution < -0.4 is 0 Å². The zero-order valence-electron chi connectivity index (χ0n) is 18.0. The van der Waals surface area contributed by atoms with Crippen LogP contribution in [0.15, 0.2) is 18.2 Å². The van der Waals surface area contributed by atoms with E-state index in [1.807, 2.05) is 0 Å².